The summed E-state index contributed by atoms with van der Waals surface area (Å²) in [5.41, 5.74) is 1.17. The number of carbonyl (C=O) groups is 3. The van der Waals surface area contributed by atoms with Crippen molar-refractivity contribution in [2.75, 3.05) is 26.8 Å². The molecule has 0 unspecified atom stereocenters. The van der Waals surface area contributed by atoms with E-state index in [1.165, 1.54) is 12.0 Å². The van der Waals surface area contributed by atoms with Gasteiger partial charge in [-0.05, 0) is 49.5 Å². The number of rotatable bonds is 6. The van der Waals surface area contributed by atoms with Gasteiger partial charge in [-0.2, -0.15) is 0 Å². The van der Waals surface area contributed by atoms with Crippen LogP contribution >= 0.6 is 24.0 Å². The molecule has 2 amide bonds. The normalized spacial score (nSPS) is 20.7. The SMILES string of the molecule is COC(=O)c1ccc(/C=C2\SC(=S)N(CC(=O)N3CCCC[C@@H]3CCO)C2=O)cc1. The van der Waals surface area contributed by atoms with Crippen molar-refractivity contribution in [2.24, 2.45) is 0 Å². The Hall–Kier alpha value is -2.23. The number of hydrogen-bond donors (Lipinski definition) is 1. The molecule has 0 aromatic heterocycles. The van der Waals surface area contributed by atoms with E-state index in [4.69, 9.17) is 12.2 Å². The van der Waals surface area contributed by atoms with Crippen LogP contribution in [0.2, 0.25) is 0 Å². The molecule has 1 aromatic carbocycles. The topological polar surface area (TPSA) is 87.2 Å². The van der Waals surface area contributed by atoms with Crippen molar-refractivity contribution in [3.05, 3.63) is 40.3 Å². The van der Waals surface area contributed by atoms with Crippen LogP contribution in [0.25, 0.3) is 6.08 Å². The van der Waals surface area contributed by atoms with E-state index in [0.29, 0.717) is 27.8 Å². The maximum Gasteiger partial charge on any atom is 0.337 e. The molecular formula is C21H24N2O5S2. The number of aliphatic hydroxyl groups is 1. The highest BCUT2D eigenvalue weighted by Crippen LogP contribution is 2.33. The number of carbonyl (C=O) groups excluding carboxylic acids is 3. The van der Waals surface area contributed by atoms with Crippen LogP contribution < -0.4 is 0 Å². The van der Waals surface area contributed by atoms with Gasteiger partial charge in [-0.1, -0.05) is 36.1 Å². The van der Waals surface area contributed by atoms with Gasteiger partial charge in [0.2, 0.25) is 5.91 Å². The fourth-order valence-electron chi connectivity index (χ4n) is 3.63. The Morgan fingerprint density at radius 2 is 2.03 bits per heavy atom. The van der Waals surface area contributed by atoms with E-state index in [2.05, 4.69) is 4.74 Å². The molecule has 2 heterocycles. The Kier molecular flexibility index (Phi) is 7.63. The predicted molar refractivity (Wildman–Crippen MR) is 119 cm³/mol. The lowest BCUT2D eigenvalue weighted by atomic mass is 9.99. The molecule has 0 aliphatic carbocycles. The standard InChI is InChI=1S/C21H24N2O5S2/c1-28-20(27)15-7-5-14(6-8-15)12-17-19(26)23(21(29)30-17)13-18(25)22-10-3-2-4-16(22)9-11-24/h5-8,12,16,24H,2-4,9-11,13H2,1H3/b17-12-/t16-/m1/s1. The molecule has 1 atom stereocenters. The lowest BCUT2D eigenvalue weighted by Gasteiger charge is -2.36. The number of amides is 2. The molecule has 3 rings (SSSR count). The molecule has 2 saturated heterocycles. The van der Waals surface area contributed by atoms with Gasteiger partial charge in [0.1, 0.15) is 10.9 Å². The second-order valence-electron chi connectivity index (χ2n) is 7.13. The molecule has 0 radical (unpaired) electrons. The fraction of sp³-hybridized carbons (Fsp3) is 0.429. The summed E-state index contributed by atoms with van der Waals surface area (Å²) in [4.78, 5) is 40.8. The van der Waals surface area contributed by atoms with Gasteiger partial charge in [0.05, 0.1) is 17.6 Å². The maximum absolute atomic E-state index is 12.8. The minimum absolute atomic E-state index is 0.0125. The van der Waals surface area contributed by atoms with Crippen LogP contribution in [-0.2, 0) is 14.3 Å². The van der Waals surface area contributed by atoms with Crippen LogP contribution in [-0.4, -0.2) is 69.9 Å². The molecule has 160 valence electrons. The molecule has 2 aliphatic heterocycles. The Labute approximate surface area is 185 Å². The number of thiocarbonyl (C=S) groups is 1. The summed E-state index contributed by atoms with van der Waals surface area (Å²) in [6.07, 6.45) is 5.07. The Morgan fingerprint density at radius 1 is 1.30 bits per heavy atom. The van der Waals surface area contributed by atoms with Crippen LogP contribution in [0.4, 0.5) is 0 Å². The Balaban J connectivity index is 1.69. The van der Waals surface area contributed by atoms with Gasteiger partial charge in [-0.15, -0.1) is 0 Å². The van der Waals surface area contributed by atoms with Crippen molar-refractivity contribution in [1.29, 1.82) is 0 Å². The summed E-state index contributed by atoms with van der Waals surface area (Å²) in [5.74, 6) is -0.872. The van der Waals surface area contributed by atoms with Crippen LogP contribution in [0.3, 0.4) is 0 Å². The number of thioether (sulfide) groups is 1. The molecule has 0 saturated carbocycles. The summed E-state index contributed by atoms with van der Waals surface area (Å²) < 4.78 is 5.03. The van der Waals surface area contributed by atoms with Gasteiger partial charge in [0, 0.05) is 19.2 Å². The number of benzene rings is 1. The van der Waals surface area contributed by atoms with Crippen LogP contribution in [0.5, 0.6) is 0 Å². The van der Waals surface area contributed by atoms with Crippen molar-refractivity contribution in [3.63, 3.8) is 0 Å². The molecule has 2 aliphatic rings. The van der Waals surface area contributed by atoms with E-state index in [1.54, 1.807) is 35.2 Å². The number of hydrogen-bond acceptors (Lipinski definition) is 7. The van der Waals surface area contributed by atoms with E-state index in [0.717, 1.165) is 36.6 Å². The van der Waals surface area contributed by atoms with E-state index < -0.39 is 5.97 Å². The fourth-order valence-corrected chi connectivity index (χ4v) is 4.88. The van der Waals surface area contributed by atoms with E-state index in [9.17, 15) is 19.5 Å². The Morgan fingerprint density at radius 3 is 2.70 bits per heavy atom. The quantitative estimate of drug-likeness (QED) is 0.406. The second kappa shape index (κ2) is 10.2. The zero-order valence-electron chi connectivity index (χ0n) is 16.7. The first-order chi connectivity index (χ1) is 14.4. The number of aliphatic hydroxyl groups excluding tert-OH is 1. The van der Waals surface area contributed by atoms with Gasteiger partial charge < -0.3 is 14.7 Å². The average Bonchev–Trinajstić information content (AvgIpc) is 3.01. The third kappa shape index (κ3) is 5.08. The van der Waals surface area contributed by atoms with Crippen LogP contribution in [0, 0.1) is 0 Å². The second-order valence-corrected chi connectivity index (χ2v) is 8.81. The Bertz CT molecular complexity index is 867. The average molecular weight is 449 g/mol. The van der Waals surface area contributed by atoms with Crippen molar-refractivity contribution >= 4 is 52.2 Å². The largest absolute Gasteiger partial charge is 0.465 e. The first kappa shape index (κ1) is 22.5. The lowest BCUT2D eigenvalue weighted by Crippen LogP contribution is -2.49. The summed E-state index contributed by atoms with van der Waals surface area (Å²) in [6.45, 7) is 0.582. The highest BCUT2D eigenvalue weighted by molar-refractivity contribution is 8.26. The highest BCUT2D eigenvalue weighted by Gasteiger charge is 2.36. The summed E-state index contributed by atoms with van der Waals surface area (Å²) in [5, 5.41) is 9.26. The number of nitrogens with zero attached hydrogens (tertiary/aromatic N) is 2. The maximum atomic E-state index is 12.8. The van der Waals surface area contributed by atoms with Crippen LogP contribution in [0.1, 0.15) is 41.6 Å². The van der Waals surface area contributed by atoms with Gasteiger partial charge >= 0.3 is 5.97 Å². The van der Waals surface area contributed by atoms with Gasteiger partial charge in [0.25, 0.3) is 5.91 Å². The predicted octanol–water partition coefficient (Wildman–Crippen LogP) is 2.44. The molecule has 0 bridgehead atoms. The van der Waals surface area contributed by atoms with Crippen molar-refractivity contribution in [1.82, 2.24) is 9.80 Å². The zero-order valence-corrected chi connectivity index (χ0v) is 18.3. The number of esters is 1. The van der Waals surface area contributed by atoms with E-state index in [1.807, 2.05) is 0 Å². The highest BCUT2D eigenvalue weighted by atomic mass is 32.2. The smallest absolute Gasteiger partial charge is 0.337 e. The first-order valence-electron chi connectivity index (χ1n) is 9.78. The molecule has 1 aromatic rings. The van der Waals surface area contributed by atoms with Crippen molar-refractivity contribution in [3.8, 4) is 0 Å². The first-order valence-corrected chi connectivity index (χ1v) is 11.0. The van der Waals surface area contributed by atoms with Crippen molar-refractivity contribution < 1.29 is 24.2 Å². The minimum Gasteiger partial charge on any atom is -0.465 e. The third-order valence-corrected chi connectivity index (χ3v) is 6.58. The summed E-state index contributed by atoms with van der Waals surface area (Å²) in [7, 11) is 1.32. The minimum atomic E-state index is -0.427. The van der Waals surface area contributed by atoms with E-state index in [-0.39, 0.29) is 31.0 Å². The molecule has 1 N–H and O–H groups in total. The number of methoxy groups -OCH3 is 1. The number of piperidine rings is 1. The van der Waals surface area contributed by atoms with Gasteiger partial charge in [-0.25, -0.2) is 4.79 Å². The molecule has 7 nitrogen and oxygen atoms in total. The monoisotopic (exact) mass is 448 g/mol. The van der Waals surface area contributed by atoms with Crippen molar-refractivity contribution in [2.45, 2.75) is 31.7 Å². The zero-order chi connectivity index (χ0) is 21.7. The lowest BCUT2D eigenvalue weighted by molar-refractivity contribution is -0.138. The van der Waals surface area contributed by atoms with Gasteiger partial charge in [0.15, 0.2) is 0 Å². The number of ether oxygens (including phenoxy) is 1. The van der Waals surface area contributed by atoms with Gasteiger partial charge in [-0.3, -0.25) is 14.5 Å². The molecule has 2 fully saturated rings. The van der Waals surface area contributed by atoms with E-state index >= 15 is 0 Å². The molecule has 30 heavy (non-hydrogen) atoms. The molecule has 0 spiro atoms. The molecular weight excluding hydrogens is 424 g/mol. The third-order valence-electron chi connectivity index (χ3n) is 5.21. The summed E-state index contributed by atoms with van der Waals surface area (Å²) in [6, 6.07) is 6.70. The molecule has 9 heteroatoms. The number of likely N-dealkylation sites (tertiary alicyclic amines) is 1. The summed E-state index contributed by atoms with van der Waals surface area (Å²) >= 11 is 6.50. The van der Waals surface area contributed by atoms with Crippen LogP contribution in [0.15, 0.2) is 29.2 Å².